The van der Waals surface area contributed by atoms with Gasteiger partial charge in [-0.3, -0.25) is 4.79 Å². The fourth-order valence-corrected chi connectivity index (χ4v) is 5.76. The minimum atomic E-state index is -3.34. The van der Waals surface area contributed by atoms with E-state index in [4.69, 9.17) is 0 Å². The number of piperidine rings is 3. The molecule has 6 nitrogen and oxygen atoms in total. The van der Waals surface area contributed by atoms with E-state index >= 15 is 0 Å². The van der Waals surface area contributed by atoms with Gasteiger partial charge < -0.3 is 4.90 Å². The fourth-order valence-electron chi connectivity index (χ4n) is 4.08. The first-order chi connectivity index (χ1) is 11.5. The molecule has 3 fully saturated rings. The van der Waals surface area contributed by atoms with Gasteiger partial charge >= 0.3 is 0 Å². The van der Waals surface area contributed by atoms with E-state index in [0.29, 0.717) is 44.9 Å². The van der Waals surface area contributed by atoms with Crippen LogP contribution in [0.1, 0.15) is 51.9 Å². The third-order valence-electron chi connectivity index (χ3n) is 5.87. The van der Waals surface area contributed by atoms with Crippen molar-refractivity contribution in [2.75, 3.05) is 39.3 Å². The predicted octanol–water partition coefficient (Wildman–Crippen LogP) is 1.69. The Bertz CT molecular complexity index is 529. The molecule has 3 aliphatic heterocycles. The second kappa shape index (κ2) is 7.70. The molecule has 0 atom stereocenters. The van der Waals surface area contributed by atoms with Gasteiger partial charge in [0.15, 0.2) is 0 Å². The lowest BCUT2D eigenvalue weighted by Gasteiger charge is -2.38. The minimum absolute atomic E-state index is 0.0101. The first kappa shape index (κ1) is 18.1. The first-order valence-electron chi connectivity index (χ1n) is 9.52. The van der Waals surface area contributed by atoms with E-state index in [1.54, 1.807) is 8.61 Å². The minimum Gasteiger partial charge on any atom is -0.342 e. The normalized spacial score (nSPS) is 26.6. The van der Waals surface area contributed by atoms with Crippen LogP contribution >= 0.6 is 0 Å². The maximum Gasteiger partial charge on any atom is 0.281 e. The number of carbonyl (C=O) groups is 1. The molecule has 0 saturated carbocycles. The fraction of sp³-hybridized carbons (Fsp3) is 0.941. The van der Waals surface area contributed by atoms with E-state index < -0.39 is 10.2 Å². The third-order valence-corrected chi connectivity index (χ3v) is 7.90. The Morgan fingerprint density at radius 1 is 0.792 bits per heavy atom. The quantitative estimate of drug-likeness (QED) is 0.772. The number of hydrogen-bond donors (Lipinski definition) is 0. The molecule has 3 rings (SSSR count). The van der Waals surface area contributed by atoms with E-state index in [9.17, 15) is 13.2 Å². The molecule has 0 bridgehead atoms. The van der Waals surface area contributed by atoms with Gasteiger partial charge in [-0.2, -0.15) is 17.0 Å². The van der Waals surface area contributed by atoms with Crippen molar-refractivity contribution >= 4 is 16.1 Å². The number of likely N-dealkylation sites (tertiary alicyclic amines) is 1. The topological polar surface area (TPSA) is 60.9 Å². The van der Waals surface area contributed by atoms with Crippen LogP contribution in [-0.2, 0) is 15.0 Å². The summed E-state index contributed by atoms with van der Waals surface area (Å²) in [6.45, 7) is 6.18. The van der Waals surface area contributed by atoms with Gasteiger partial charge in [0, 0.05) is 45.2 Å². The molecule has 0 spiro atoms. The van der Waals surface area contributed by atoms with E-state index in [1.807, 2.05) is 4.90 Å². The highest BCUT2D eigenvalue weighted by Crippen LogP contribution is 2.26. The second-order valence-corrected chi connectivity index (χ2v) is 9.58. The van der Waals surface area contributed by atoms with Crippen molar-refractivity contribution < 1.29 is 13.2 Å². The Balaban J connectivity index is 1.53. The largest absolute Gasteiger partial charge is 0.342 e. The number of hydrogen-bond acceptors (Lipinski definition) is 3. The smallest absolute Gasteiger partial charge is 0.281 e. The van der Waals surface area contributed by atoms with E-state index in [1.165, 1.54) is 6.42 Å². The van der Waals surface area contributed by atoms with Crippen LogP contribution in [-0.4, -0.2) is 67.1 Å². The maximum atomic E-state index is 12.8. The molecule has 138 valence electrons. The van der Waals surface area contributed by atoms with Gasteiger partial charge in [0.05, 0.1) is 0 Å². The summed E-state index contributed by atoms with van der Waals surface area (Å²) in [6.07, 6.45) is 6.65. The molecular weight excluding hydrogens is 326 g/mol. The molecule has 3 aliphatic rings. The van der Waals surface area contributed by atoms with Gasteiger partial charge in [0.1, 0.15) is 0 Å². The number of carbonyl (C=O) groups excluding carboxylic acids is 1. The molecule has 0 unspecified atom stereocenters. The average molecular weight is 358 g/mol. The van der Waals surface area contributed by atoms with Gasteiger partial charge in [-0.25, -0.2) is 0 Å². The predicted molar refractivity (Wildman–Crippen MR) is 93.6 cm³/mol. The average Bonchev–Trinajstić information content (AvgIpc) is 2.62. The Morgan fingerprint density at radius 2 is 1.29 bits per heavy atom. The number of nitrogens with zero attached hydrogens (tertiary/aromatic N) is 3. The zero-order valence-corrected chi connectivity index (χ0v) is 15.6. The van der Waals surface area contributed by atoms with Crippen LogP contribution in [0, 0.1) is 11.8 Å². The molecule has 3 heterocycles. The van der Waals surface area contributed by atoms with Gasteiger partial charge in [0.2, 0.25) is 5.91 Å². The lowest BCUT2D eigenvalue weighted by molar-refractivity contribution is -0.137. The first-order valence-corrected chi connectivity index (χ1v) is 10.9. The van der Waals surface area contributed by atoms with Crippen LogP contribution in [0.5, 0.6) is 0 Å². The van der Waals surface area contributed by atoms with Crippen LogP contribution < -0.4 is 0 Å². The summed E-state index contributed by atoms with van der Waals surface area (Å²) in [5.41, 5.74) is 0. The van der Waals surface area contributed by atoms with Crippen molar-refractivity contribution in [2.45, 2.75) is 51.9 Å². The van der Waals surface area contributed by atoms with Crippen molar-refractivity contribution in [1.82, 2.24) is 13.5 Å². The monoisotopic (exact) mass is 357 g/mol. The summed E-state index contributed by atoms with van der Waals surface area (Å²) < 4.78 is 28.8. The summed E-state index contributed by atoms with van der Waals surface area (Å²) in [4.78, 5) is 14.6. The van der Waals surface area contributed by atoms with Crippen molar-refractivity contribution in [3.63, 3.8) is 0 Å². The van der Waals surface area contributed by atoms with Gasteiger partial charge in [-0.05, 0) is 50.9 Å². The maximum absolute atomic E-state index is 12.8. The molecule has 7 heteroatoms. The van der Waals surface area contributed by atoms with E-state index in [-0.39, 0.29) is 11.8 Å². The van der Waals surface area contributed by atoms with Crippen LogP contribution in [0.2, 0.25) is 0 Å². The van der Waals surface area contributed by atoms with Gasteiger partial charge in [0.25, 0.3) is 10.2 Å². The standard InChI is InChI=1S/C17H31N3O3S/c1-15-5-11-19(12-6-15)24(22,23)20-13-7-16(8-14-20)17(21)18-9-3-2-4-10-18/h15-16H,2-14H2,1H3. The zero-order valence-electron chi connectivity index (χ0n) is 14.8. The van der Waals surface area contributed by atoms with E-state index in [0.717, 1.165) is 38.8 Å². The van der Waals surface area contributed by atoms with Crippen LogP contribution in [0.4, 0.5) is 0 Å². The van der Waals surface area contributed by atoms with Crippen molar-refractivity contribution in [2.24, 2.45) is 11.8 Å². The SMILES string of the molecule is CC1CCN(S(=O)(=O)N2CCC(C(=O)N3CCCCC3)CC2)CC1. The van der Waals surface area contributed by atoms with Crippen LogP contribution in [0.25, 0.3) is 0 Å². The highest BCUT2D eigenvalue weighted by atomic mass is 32.2. The highest BCUT2D eigenvalue weighted by Gasteiger charge is 2.37. The summed E-state index contributed by atoms with van der Waals surface area (Å²) >= 11 is 0. The molecular formula is C17H31N3O3S. The Morgan fingerprint density at radius 3 is 1.83 bits per heavy atom. The van der Waals surface area contributed by atoms with Crippen molar-refractivity contribution in [1.29, 1.82) is 0 Å². The van der Waals surface area contributed by atoms with Crippen molar-refractivity contribution in [3.8, 4) is 0 Å². The van der Waals surface area contributed by atoms with Crippen LogP contribution in [0.15, 0.2) is 0 Å². The van der Waals surface area contributed by atoms with Crippen LogP contribution in [0.3, 0.4) is 0 Å². The molecule has 0 N–H and O–H groups in total. The molecule has 1 amide bonds. The van der Waals surface area contributed by atoms with Gasteiger partial charge in [-0.1, -0.05) is 6.92 Å². The lowest BCUT2D eigenvalue weighted by Crippen LogP contribution is -2.51. The molecule has 0 aromatic carbocycles. The Labute approximate surface area is 146 Å². The van der Waals surface area contributed by atoms with Crippen molar-refractivity contribution in [3.05, 3.63) is 0 Å². The molecule has 0 aromatic rings. The molecule has 0 aliphatic carbocycles. The molecule has 0 radical (unpaired) electrons. The van der Waals surface area contributed by atoms with E-state index in [2.05, 4.69) is 6.92 Å². The Hall–Kier alpha value is -0.660. The number of amides is 1. The summed E-state index contributed by atoms with van der Waals surface area (Å²) in [7, 11) is -3.34. The third kappa shape index (κ3) is 3.94. The highest BCUT2D eigenvalue weighted by molar-refractivity contribution is 7.86. The molecule has 0 aromatic heterocycles. The zero-order chi connectivity index (χ0) is 17.2. The summed E-state index contributed by atoms with van der Waals surface area (Å²) in [5, 5.41) is 0. The van der Waals surface area contributed by atoms with Gasteiger partial charge in [-0.15, -0.1) is 0 Å². The molecule has 3 saturated heterocycles. The lowest BCUT2D eigenvalue weighted by atomic mass is 9.95. The second-order valence-electron chi connectivity index (χ2n) is 7.65. The summed E-state index contributed by atoms with van der Waals surface area (Å²) in [6, 6.07) is 0. The summed E-state index contributed by atoms with van der Waals surface area (Å²) in [5.74, 6) is 0.874. The number of rotatable bonds is 3. The molecule has 24 heavy (non-hydrogen) atoms. The Kier molecular flexibility index (Phi) is 5.82.